The van der Waals surface area contributed by atoms with Gasteiger partial charge in [-0.1, -0.05) is 12.1 Å². The van der Waals surface area contributed by atoms with Gasteiger partial charge in [0.15, 0.2) is 0 Å². The summed E-state index contributed by atoms with van der Waals surface area (Å²) in [5, 5.41) is 8.29. The van der Waals surface area contributed by atoms with Gasteiger partial charge in [0.1, 0.15) is 12.2 Å². The number of carbonyl (C=O) groups is 1. The Hall–Kier alpha value is -1.52. The monoisotopic (exact) mass is 218 g/mol. The van der Waals surface area contributed by atoms with Crippen LogP contribution in [0.2, 0.25) is 0 Å². The first-order valence-corrected chi connectivity index (χ1v) is 4.20. The van der Waals surface area contributed by atoms with Crippen LogP contribution in [0.4, 0.5) is 13.2 Å². The number of hydrogen-bond acceptors (Lipinski definition) is 1. The van der Waals surface area contributed by atoms with E-state index >= 15 is 0 Å². The second-order valence-corrected chi connectivity index (χ2v) is 3.21. The summed E-state index contributed by atoms with van der Waals surface area (Å²) >= 11 is 0. The van der Waals surface area contributed by atoms with Crippen molar-refractivity contribution in [1.29, 1.82) is 0 Å². The summed E-state index contributed by atoms with van der Waals surface area (Å²) in [6.07, 6.45) is -1.41. The molecule has 2 nitrogen and oxygen atoms in total. The first-order valence-electron chi connectivity index (χ1n) is 4.20. The molecule has 0 atom stereocenters. The second-order valence-electron chi connectivity index (χ2n) is 3.21. The van der Waals surface area contributed by atoms with Gasteiger partial charge >= 0.3 is 5.97 Å². The number of hydrogen-bond donors (Lipinski definition) is 1. The number of rotatable bonds is 3. The minimum Gasteiger partial charge on any atom is -0.481 e. The molecule has 0 spiro atoms. The minimum atomic E-state index is -3.68. The van der Waals surface area contributed by atoms with Crippen molar-refractivity contribution in [2.45, 2.75) is 19.3 Å². The summed E-state index contributed by atoms with van der Waals surface area (Å²) in [5.41, 5.74) is -0.798. The highest BCUT2D eigenvalue weighted by atomic mass is 19.3. The van der Waals surface area contributed by atoms with Crippen LogP contribution in [0, 0.1) is 12.7 Å². The van der Waals surface area contributed by atoms with Crippen molar-refractivity contribution in [1.82, 2.24) is 0 Å². The molecule has 0 fully saturated rings. The largest absolute Gasteiger partial charge is 0.481 e. The highest BCUT2D eigenvalue weighted by Gasteiger charge is 2.38. The summed E-state index contributed by atoms with van der Waals surface area (Å²) < 4.78 is 39.7. The topological polar surface area (TPSA) is 37.3 Å². The summed E-state index contributed by atoms with van der Waals surface area (Å²) in [7, 11) is 0. The molecule has 15 heavy (non-hydrogen) atoms. The lowest BCUT2D eigenvalue weighted by Crippen LogP contribution is -2.21. The summed E-state index contributed by atoms with van der Waals surface area (Å²) in [6, 6.07) is 3.50. The zero-order valence-electron chi connectivity index (χ0n) is 7.93. The van der Waals surface area contributed by atoms with Gasteiger partial charge in [-0.25, -0.2) is 13.2 Å². The van der Waals surface area contributed by atoms with Crippen molar-refractivity contribution in [2.24, 2.45) is 0 Å². The summed E-state index contributed by atoms with van der Waals surface area (Å²) in [6.45, 7) is 1.31. The average molecular weight is 218 g/mol. The van der Waals surface area contributed by atoms with Gasteiger partial charge in [-0.3, -0.25) is 4.79 Å². The first kappa shape index (κ1) is 11.6. The third-order valence-corrected chi connectivity index (χ3v) is 1.96. The van der Waals surface area contributed by atoms with Crippen LogP contribution in [0.25, 0.3) is 0 Å². The van der Waals surface area contributed by atoms with Crippen molar-refractivity contribution >= 4 is 5.97 Å². The third kappa shape index (κ3) is 2.49. The number of carboxylic acid groups (broad SMARTS) is 1. The molecule has 0 saturated heterocycles. The molecule has 0 bridgehead atoms. The molecule has 1 aromatic rings. The van der Waals surface area contributed by atoms with Crippen LogP contribution in [0.1, 0.15) is 17.5 Å². The van der Waals surface area contributed by atoms with E-state index in [1.54, 1.807) is 0 Å². The molecule has 1 aromatic carbocycles. The predicted molar refractivity (Wildman–Crippen MR) is 47.3 cm³/mol. The zero-order valence-corrected chi connectivity index (χ0v) is 7.93. The van der Waals surface area contributed by atoms with Gasteiger partial charge in [-0.15, -0.1) is 0 Å². The first-order chi connectivity index (χ1) is 6.84. The Morgan fingerprint density at radius 3 is 2.53 bits per heavy atom. The summed E-state index contributed by atoms with van der Waals surface area (Å²) in [5.74, 6) is -6.43. The maximum atomic E-state index is 13.3. The lowest BCUT2D eigenvalue weighted by atomic mass is 9.99. The fraction of sp³-hybridized carbons (Fsp3) is 0.300. The number of halogens is 3. The number of carboxylic acids is 1. The molecular formula is C10H9F3O2. The van der Waals surface area contributed by atoms with Gasteiger partial charge in [0, 0.05) is 0 Å². The SMILES string of the molecule is Cc1cccc(F)c1C(F)(F)CC(=O)O. The molecular weight excluding hydrogens is 209 g/mol. The van der Waals surface area contributed by atoms with E-state index in [4.69, 9.17) is 5.11 Å². The Balaban J connectivity index is 3.19. The van der Waals surface area contributed by atoms with Gasteiger partial charge in [0.2, 0.25) is 0 Å². The van der Waals surface area contributed by atoms with Gasteiger partial charge in [0.05, 0.1) is 5.56 Å². The van der Waals surface area contributed by atoms with Crippen LogP contribution in [-0.4, -0.2) is 11.1 Å². The number of benzene rings is 1. The molecule has 0 amide bonds. The number of alkyl halides is 2. The Morgan fingerprint density at radius 2 is 2.07 bits per heavy atom. The van der Waals surface area contributed by atoms with E-state index in [0.29, 0.717) is 0 Å². The number of aryl methyl sites for hydroxylation is 1. The Kier molecular flexibility index (Phi) is 3.02. The van der Waals surface area contributed by atoms with Gasteiger partial charge in [-0.05, 0) is 18.6 Å². The van der Waals surface area contributed by atoms with Crippen molar-refractivity contribution < 1.29 is 23.1 Å². The molecule has 0 saturated carbocycles. The van der Waals surface area contributed by atoms with E-state index in [9.17, 15) is 18.0 Å². The Labute approximate surface area is 84.3 Å². The Morgan fingerprint density at radius 1 is 1.47 bits per heavy atom. The van der Waals surface area contributed by atoms with E-state index < -0.39 is 29.7 Å². The smallest absolute Gasteiger partial charge is 0.309 e. The molecule has 0 aliphatic carbocycles. The lowest BCUT2D eigenvalue weighted by Gasteiger charge is -2.17. The zero-order chi connectivity index (χ0) is 11.6. The van der Waals surface area contributed by atoms with Gasteiger partial charge in [0.25, 0.3) is 5.92 Å². The highest BCUT2D eigenvalue weighted by molar-refractivity contribution is 5.68. The second kappa shape index (κ2) is 3.92. The Bertz CT molecular complexity index is 368. The molecule has 1 N–H and O–H groups in total. The van der Waals surface area contributed by atoms with Gasteiger partial charge < -0.3 is 5.11 Å². The van der Waals surface area contributed by atoms with E-state index in [1.807, 2.05) is 0 Å². The predicted octanol–water partition coefficient (Wildman–Crippen LogP) is 2.70. The quantitative estimate of drug-likeness (QED) is 0.846. The van der Waals surface area contributed by atoms with Crippen LogP contribution >= 0.6 is 0 Å². The highest BCUT2D eigenvalue weighted by Crippen LogP contribution is 2.35. The average Bonchev–Trinajstić information content (AvgIpc) is 1.99. The van der Waals surface area contributed by atoms with Crippen LogP contribution in [0.3, 0.4) is 0 Å². The minimum absolute atomic E-state index is 0.0428. The van der Waals surface area contributed by atoms with Crippen molar-refractivity contribution in [3.63, 3.8) is 0 Å². The van der Waals surface area contributed by atoms with E-state index in [2.05, 4.69) is 0 Å². The van der Waals surface area contributed by atoms with Crippen molar-refractivity contribution in [3.8, 4) is 0 Å². The fourth-order valence-corrected chi connectivity index (χ4v) is 1.37. The molecule has 0 unspecified atom stereocenters. The molecule has 0 aromatic heterocycles. The van der Waals surface area contributed by atoms with Crippen LogP contribution in [0.15, 0.2) is 18.2 Å². The standard InChI is InChI=1S/C10H9F3O2/c1-6-3-2-4-7(11)9(6)10(12,13)5-8(14)15/h2-4H,5H2,1H3,(H,14,15). The molecule has 0 heterocycles. The molecule has 0 aliphatic rings. The van der Waals surface area contributed by atoms with Crippen molar-refractivity contribution in [2.75, 3.05) is 0 Å². The van der Waals surface area contributed by atoms with Crippen LogP contribution < -0.4 is 0 Å². The fourth-order valence-electron chi connectivity index (χ4n) is 1.37. The molecule has 0 radical (unpaired) electrons. The number of aliphatic carboxylic acids is 1. The molecule has 5 heteroatoms. The maximum Gasteiger partial charge on any atom is 0.309 e. The van der Waals surface area contributed by atoms with Crippen molar-refractivity contribution in [3.05, 3.63) is 35.1 Å². The summed E-state index contributed by atoms with van der Waals surface area (Å²) in [4.78, 5) is 10.2. The lowest BCUT2D eigenvalue weighted by molar-refractivity contribution is -0.145. The van der Waals surface area contributed by atoms with E-state index in [0.717, 1.165) is 6.07 Å². The van der Waals surface area contributed by atoms with Gasteiger partial charge in [-0.2, -0.15) is 0 Å². The van der Waals surface area contributed by atoms with E-state index in [1.165, 1.54) is 19.1 Å². The maximum absolute atomic E-state index is 13.3. The van der Waals surface area contributed by atoms with Crippen LogP contribution in [0.5, 0.6) is 0 Å². The normalized spacial score (nSPS) is 11.5. The molecule has 82 valence electrons. The molecule has 1 rings (SSSR count). The third-order valence-electron chi connectivity index (χ3n) is 1.96. The molecule has 0 aliphatic heterocycles. The van der Waals surface area contributed by atoms with Crippen LogP contribution in [-0.2, 0) is 10.7 Å². The van der Waals surface area contributed by atoms with E-state index in [-0.39, 0.29) is 5.56 Å².